The lowest BCUT2D eigenvalue weighted by Gasteiger charge is -2.40. The summed E-state index contributed by atoms with van der Waals surface area (Å²) in [6.45, 7) is 3.68. The molecule has 4 rings (SSSR count). The summed E-state index contributed by atoms with van der Waals surface area (Å²) in [5, 5.41) is 10.5. The van der Waals surface area contributed by atoms with Crippen LogP contribution >= 0.6 is 0 Å². The fraction of sp³-hybridized carbons (Fsp3) is 0.720. The lowest BCUT2D eigenvalue weighted by molar-refractivity contribution is -0.137. The SMILES string of the molecule is COC(CCCCN1CCN(c2cccc(C(F)(F)F)c2)CCC1=O)N1CCC2(CC2)[C@H](O)C1. The van der Waals surface area contributed by atoms with Gasteiger partial charge in [0.05, 0.1) is 11.7 Å². The first kappa shape index (κ1) is 25.3. The van der Waals surface area contributed by atoms with Gasteiger partial charge in [-0.25, -0.2) is 0 Å². The maximum atomic E-state index is 13.1. The first-order valence-corrected chi connectivity index (χ1v) is 12.4. The van der Waals surface area contributed by atoms with Gasteiger partial charge in [-0.1, -0.05) is 6.07 Å². The van der Waals surface area contributed by atoms with Crippen LogP contribution in [0.1, 0.15) is 50.5 Å². The van der Waals surface area contributed by atoms with Crippen LogP contribution < -0.4 is 4.90 Å². The van der Waals surface area contributed by atoms with E-state index in [0.717, 1.165) is 57.2 Å². The molecule has 34 heavy (non-hydrogen) atoms. The van der Waals surface area contributed by atoms with E-state index in [1.165, 1.54) is 6.07 Å². The van der Waals surface area contributed by atoms with E-state index in [4.69, 9.17) is 4.74 Å². The molecule has 3 aliphatic rings. The first-order chi connectivity index (χ1) is 16.2. The van der Waals surface area contributed by atoms with E-state index in [1.54, 1.807) is 13.2 Å². The molecule has 3 fully saturated rings. The molecule has 2 heterocycles. The van der Waals surface area contributed by atoms with Gasteiger partial charge in [-0.15, -0.1) is 0 Å². The summed E-state index contributed by atoms with van der Waals surface area (Å²) < 4.78 is 44.9. The van der Waals surface area contributed by atoms with Crippen molar-refractivity contribution in [2.45, 2.75) is 63.5 Å². The molecule has 2 saturated heterocycles. The largest absolute Gasteiger partial charge is 0.416 e. The summed E-state index contributed by atoms with van der Waals surface area (Å²) >= 11 is 0. The van der Waals surface area contributed by atoms with Crippen LogP contribution in [0, 0.1) is 5.41 Å². The van der Waals surface area contributed by atoms with Gasteiger partial charge in [0, 0.05) is 58.5 Å². The van der Waals surface area contributed by atoms with Crippen LogP contribution in [-0.4, -0.2) is 79.5 Å². The molecule has 1 aliphatic carbocycles. The summed E-state index contributed by atoms with van der Waals surface area (Å²) in [7, 11) is 1.71. The highest BCUT2D eigenvalue weighted by atomic mass is 19.4. The predicted octanol–water partition coefficient (Wildman–Crippen LogP) is 3.73. The molecule has 0 radical (unpaired) electrons. The molecule has 2 atom stereocenters. The Bertz CT molecular complexity index is 846. The average Bonchev–Trinajstić information content (AvgIpc) is 3.61. The van der Waals surface area contributed by atoms with Crippen molar-refractivity contribution >= 4 is 11.6 Å². The minimum atomic E-state index is -4.38. The number of aliphatic hydroxyl groups excluding tert-OH is 1. The molecule has 1 spiro atoms. The van der Waals surface area contributed by atoms with E-state index in [0.29, 0.717) is 44.8 Å². The van der Waals surface area contributed by atoms with E-state index in [1.807, 2.05) is 9.80 Å². The number of benzene rings is 1. The maximum absolute atomic E-state index is 13.1. The highest BCUT2D eigenvalue weighted by molar-refractivity contribution is 5.77. The number of aliphatic hydroxyl groups is 1. The van der Waals surface area contributed by atoms with E-state index >= 15 is 0 Å². The molecule has 1 N–H and O–H groups in total. The van der Waals surface area contributed by atoms with Crippen LogP contribution in [0.5, 0.6) is 0 Å². The Morgan fingerprint density at radius 3 is 2.62 bits per heavy atom. The van der Waals surface area contributed by atoms with Crippen LogP contribution in [0.15, 0.2) is 24.3 Å². The first-order valence-electron chi connectivity index (χ1n) is 12.4. The second-order valence-electron chi connectivity index (χ2n) is 9.98. The molecule has 9 heteroatoms. The van der Waals surface area contributed by atoms with Gasteiger partial charge in [-0.2, -0.15) is 13.2 Å². The van der Waals surface area contributed by atoms with Gasteiger partial charge in [0.25, 0.3) is 0 Å². The maximum Gasteiger partial charge on any atom is 0.416 e. The number of hydrogen-bond donors (Lipinski definition) is 1. The summed E-state index contributed by atoms with van der Waals surface area (Å²) in [6, 6.07) is 5.32. The van der Waals surface area contributed by atoms with Crippen molar-refractivity contribution in [1.82, 2.24) is 9.80 Å². The number of piperidine rings is 1. The Morgan fingerprint density at radius 2 is 1.94 bits per heavy atom. The van der Waals surface area contributed by atoms with Crippen LogP contribution in [0.2, 0.25) is 0 Å². The number of halogens is 3. The molecule has 0 aromatic heterocycles. The van der Waals surface area contributed by atoms with E-state index in [9.17, 15) is 23.1 Å². The number of methoxy groups -OCH3 is 1. The van der Waals surface area contributed by atoms with Gasteiger partial charge >= 0.3 is 6.18 Å². The zero-order chi connectivity index (χ0) is 24.3. The summed E-state index contributed by atoms with van der Waals surface area (Å²) in [6.07, 6.45) is 1.50. The minimum absolute atomic E-state index is 0.0259. The summed E-state index contributed by atoms with van der Waals surface area (Å²) in [5.74, 6) is 0.0478. The number of rotatable bonds is 8. The van der Waals surface area contributed by atoms with E-state index < -0.39 is 11.7 Å². The summed E-state index contributed by atoms with van der Waals surface area (Å²) in [5.41, 5.74) is 0.00639. The van der Waals surface area contributed by atoms with Gasteiger partial charge < -0.3 is 19.6 Å². The lowest BCUT2D eigenvalue weighted by Crippen LogP contribution is -2.50. The molecule has 0 bridgehead atoms. The predicted molar refractivity (Wildman–Crippen MR) is 123 cm³/mol. The number of anilines is 1. The number of nitrogens with zero attached hydrogens (tertiary/aromatic N) is 3. The molecular formula is C25H36F3N3O3. The Balaban J connectivity index is 1.23. The van der Waals surface area contributed by atoms with Gasteiger partial charge in [0.2, 0.25) is 5.91 Å². The molecule has 1 amide bonds. The number of amides is 1. The monoisotopic (exact) mass is 483 g/mol. The van der Waals surface area contributed by atoms with Crippen LogP contribution in [0.3, 0.4) is 0 Å². The smallest absolute Gasteiger partial charge is 0.391 e. The van der Waals surface area contributed by atoms with Crippen molar-refractivity contribution in [3.8, 4) is 0 Å². The Hall–Kier alpha value is -1.84. The van der Waals surface area contributed by atoms with Crippen molar-refractivity contribution in [2.75, 3.05) is 51.3 Å². The minimum Gasteiger partial charge on any atom is -0.391 e. The second kappa shape index (κ2) is 10.4. The summed E-state index contributed by atoms with van der Waals surface area (Å²) in [4.78, 5) is 18.5. The van der Waals surface area contributed by atoms with Gasteiger partial charge in [-0.3, -0.25) is 9.69 Å². The number of hydrogen-bond acceptors (Lipinski definition) is 5. The zero-order valence-corrected chi connectivity index (χ0v) is 19.9. The van der Waals surface area contributed by atoms with Crippen molar-refractivity contribution in [3.63, 3.8) is 0 Å². The number of unbranched alkanes of at least 4 members (excludes halogenated alkanes) is 1. The molecule has 1 unspecified atom stereocenters. The molecule has 1 aromatic rings. The fourth-order valence-electron chi connectivity index (χ4n) is 5.36. The molecule has 2 aliphatic heterocycles. The number of carbonyl (C=O) groups excluding carboxylic acids is 1. The third-order valence-electron chi connectivity index (χ3n) is 7.84. The van der Waals surface area contributed by atoms with Gasteiger partial charge in [0.15, 0.2) is 0 Å². The Labute approximate surface area is 199 Å². The molecule has 1 saturated carbocycles. The van der Waals surface area contributed by atoms with Gasteiger partial charge in [0.1, 0.15) is 6.23 Å². The van der Waals surface area contributed by atoms with Crippen molar-refractivity contribution < 1.29 is 27.8 Å². The van der Waals surface area contributed by atoms with Crippen LogP contribution in [0.4, 0.5) is 18.9 Å². The lowest BCUT2D eigenvalue weighted by atomic mass is 9.90. The average molecular weight is 484 g/mol. The Kier molecular flexibility index (Phi) is 7.74. The molecule has 6 nitrogen and oxygen atoms in total. The zero-order valence-electron chi connectivity index (χ0n) is 19.9. The number of likely N-dealkylation sites (tertiary alicyclic amines) is 1. The van der Waals surface area contributed by atoms with Gasteiger partial charge in [-0.05, 0) is 62.1 Å². The number of carbonyl (C=O) groups is 1. The standard InChI is InChI=1S/C25H36F3N3O3/c1-34-23(31-14-11-24(9-10-24)21(32)18-31)7-2-3-12-30-16-15-29(13-8-22(30)33)20-6-4-5-19(17-20)25(26,27)28/h4-6,17,21,23,32H,2-3,7-16,18H2,1H3/t21-,23?/m1/s1. The fourth-order valence-corrected chi connectivity index (χ4v) is 5.36. The molecule has 1 aromatic carbocycles. The number of β-amino-alcohol motifs (C(OH)–C–C–N with tert-alkyl or cyclic N) is 1. The third-order valence-corrected chi connectivity index (χ3v) is 7.84. The normalized spacial score (nSPS) is 24.4. The van der Waals surface area contributed by atoms with Crippen molar-refractivity contribution in [2.24, 2.45) is 5.41 Å². The third kappa shape index (κ3) is 5.86. The highest BCUT2D eigenvalue weighted by Gasteiger charge is 2.51. The van der Waals surface area contributed by atoms with Crippen molar-refractivity contribution in [1.29, 1.82) is 0 Å². The quantitative estimate of drug-likeness (QED) is 0.571. The number of alkyl halides is 3. The molecular weight excluding hydrogens is 447 g/mol. The highest BCUT2D eigenvalue weighted by Crippen LogP contribution is 2.53. The Morgan fingerprint density at radius 1 is 1.15 bits per heavy atom. The van der Waals surface area contributed by atoms with E-state index in [-0.39, 0.29) is 23.7 Å². The number of ether oxygens (including phenoxy) is 1. The van der Waals surface area contributed by atoms with Crippen LogP contribution in [-0.2, 0) is 15.7 Å². The topological polar surface area (TPSA) is 56.2 Å². The van der Waals surface area contributed by atoms with E-state index in [2.05, 4.69) is 4.90 Å². The second-order valence-corrected chi connectivity index (χ2v) is 9.98. The van der Waals surface area contributed by atoms with Crippen LogP contribution in [0.25, 0.3) is 0 Å². The molecule has 190 valence electrons. The van der Waals surface area contributed by atoms with Crippen molar-refractivity contribution in [3.05, 3.63) is 29.8 Å².